The van der Waals surface area contributed by atoms with Crippen LogP contribution < -0.4 is 5.32 Å². The minimum atomic E-state index is -0.865. The molecule has 8 nitrogen and oxygen atoms in total. The van der Waals surface area contributed by atoms with Gasteiger partial charge in [0.15, 0.2) is 0 Å². The van der Waals surface area contributed by atoms with Crippen molar-refractivity contribution in [1.29, 1.82) is 0 Å². The van der Waals surface area contributed by atoms with Crippen LogP contribution in [-0.4, -0.2) is 50.1 Å². The second kappa shape index (κ2) is 15.3. The third kappa shape index (κ3) is 9.70. The number of aryl methyl sites for hydroxylation is 1. The number of imidazole rings is 1. The molecule has 4 aromatic rings. The van der Waals surface area contributed by atoms with E-state index in [2.05, 4.69) is 10.3 Å². The number of benzene rings is 2. The van der Waals surface area contributed by atoms with E-state index >= 15 is 0 Å². The van der Waals surface area contributed by atoms with E-state index < -0.39 is 35.4 Å². The van der Waals surface area contributed by atoms with Crippen LogP contribution in [0.15, 0.2) is 73.1 Å². The number of ether oxygens (including phenoxy) is 2. The predicted octanol–water partition coefficient (Wildman–Crippen LogP) is 6.45. The largest absolute Gasteiger partial charge is 0.458 e. The highest BCUT2D eigenvalue weighted by molar-refractivity contribution is 7.98. The number of nitrogens with zero attached hydrogens (tertiary/aromatic N) is 3. The molecular weight excluding hydrogens is 598 g/mol. The third-order valence-corrected chi connectivity index (χ3v) is 7.53. The van der Waals surface area contributed by atoms with Crippen molar-refractivity contribution in [3.05, 3.63) is 107 Å². The van der Waals surface area contributed by atoms with E-state index in [1.54, 1.807) is 75.1 Å². The lowest BCUT2D eigenvalue weighted by atomic mass is 10.0. The second-order valence-corrected chi connectivity index (χ2v) is 12.5. The molecule has 238 valence electrons. The highest BCUT2D eigenvalue weighted by atomic mass is 32.2. The standard InChI is InChI=1S/C34H38F2N4O4S/c1-34(2,3)44-33(42)28(16-19-45-5)39-32(41)27-15-14-26(38-31(27)23-8-12-25(36)13-9-23)21-43-29(20-30-37-17-18-40(30)4)22-6-10-24(35)11-7-22/h6-15,17-18,28-29H,16,19-21H2,1-5H3,(H,39,41)/t28-,29?/m0/s1. The van der Waals surface area contributed by atoms with Crippen LogP contribution in [0.25, 0.3) is 11.3 Å². The van der Waals surface area contributed by atoms with Crippen LogP contribution in [0.4, 0.5) is 8.78 Å². The highest BCUT2D eigenvalue weighted by Gasteiger charge is 2.28. The van der Waals surface area contributed by atoms with Gasteiger partial charge in [-0.3, -0.25) is 4.79 Å². The van der Waals surface area contributed by atoms with E-state index in [0.29, 0.717) is 35.5 Å². The van der Waals surface area contributed by atoms with Gasteiger partial charge < -0.3 is 19.4 Å². The first-order valence-corrected chi connectivity index (χ1v) is 15.9. The summed E-state index contributed by atoms with van der Waals surface area (Å²) in [5.41, 5.74) is 1.61. The molecule has 0 fully saturated rings. The van der Waals surface area contributed by atoms with Crippen molar-refractivity contribution < 1.29 is 27.8 Å². The fourth-order valence-electron chi connectivity index (χ4n) is 4.58. The average Bonchev–Trinajstić information content (AvgIpc) is 3.41. The lowest BCUT2D eigenvalue weighted by Gasteiger charge is -2.25. The fraction of sp³-hybridized carbons (Fsp3) is 0.353. The number of thioether (sulfide) groups is 1. The lowest BCUT2D eigenvalue weighted by molar-refractivity contribution is -0.157. The number of halogens is 2. The van der Waals surface area contributed by atoms with Crippen molar-refractivity contribution in [2.24, 2.45) is 7.05 Å². The molecule has 0 aliphatic carbocycles. The Hall–Kier alpha value is -4.09. The summed E-state index contributed by atoms with van der Waals surface area (Å²) in [7, 11) is 1.89. The van der Waals surface area contributed by atoms with E-state index in [-0.39, 0.29) is 18.0 Å². The van der Waals surface area contributed by atoms with E-state index in [0.717, 1.165) is 11.4 Å². The molecule has 0 aliphatic heterocycles. The summed E-state index contributed by atoms with van der Waals surface area (Å²) in [5.74, 6) is -0.385. The Kier molecular flexibility index (Phi) is 11.5. The van der Waals surface area contributed by atoms with Crippen molar-refractivity contribution in [2.75, 3.05) is 12.0 Å². The number of carbonyl (C=O) groups is 2. The molecule has 2 aromatic carbocycles. The summed E-state index contributed by atoms with van der Waals surface area (Å²) in [6.07, 6.45) is 5.81. The second-order valence-electron chi connectivity index (χ2n) is 11.6. The summed E-state index contributed by atoms with van der Waals surface area (Å²) in [5, 5.41) is 2.83. The molecule has 45 heavy (non-hydrogen) atoms. The zero-order chi connectivity index (χ0) is 32.6. The number of esters is 1. The van der Waals surface area contributed by atoms with Crippen LogP contribution in [0.1, 0.15) is 60.7 Å². The van der Waals surface area contributed by atoms with Crippen LogP contribution >= 0.6 is 11.8 Å². The lowest BCUT2D eigenvalue weighted by Crippen LogP contribution is -2.44. The number of rotatable bonds is 13. The topological polar surface area (TPSA) is 95.3 Å². The first-order valence-electron chi connectivity index (χ1n) is 14.6. The average molecular weight is 637 g/mol. The molecule has 1 unspecified atom stereocenters. The van der Waals surface area contributed by atoms with Gasteiger partial charge in [-0.05, 0) is 93.3 Å². The Morgan fingerprint density at radius 3 is 2.27 bits per heavy atom. The van der Waals surface area contributed by atoms with Crippen LogP contribution in [-0.2, 0) is 34.3 Å². The van der Waals surface area contributed by atoms with Crippen molar-refractivity contribution >= 4 is 23.6 Å². The predicted molar refractivity (Wildman–Crippen MR) is 171 cm³/mol. The molecule has 1 N–H and O–H groups in total. The zero-order valence-corrected chi connectivity index (χ0v) is 26.9. The Morgan fingerprint density at radius 1 is 1.00 bits per heavy atom. The van der Waals surface area contributed by atoms with Gasteiger partial charge in [0.05, 0.1) is 29.7 Å². The Labute approximate surface area is 266 Å². The van der Waals surface area contributed by atoms with Gasteiger partial charge in [0.25, 0.3) is 5.91 Å². The van der Waals surface area contributed by atoms with Gasteiger partial charge >= 0.3 is 5.97 Å². The van der Waals surface area contributed by atoms with Gasteiger partial charge in [-0.1, -0.05) is 12.1 Å². The number of hydrogen-bond donors (Lipinski definition) is 1. The molecule has 2 aromatic heterocycles. The van der Waals surface area contributed by atoms with E-state index in [1.165, 1.54) is 24.3 Å². The summed E-state index contributed by atoms with van der Waals surface area (Å²) in [4.78, 5) is 35.7. The number of carbonyl (C=O) groups excluding carboxylic acids is 2. The summed E-state index contributed by atoms with van der Waals surface area (Å²) in [6.45, 7) is 5.38. The third-order valence-electron chi connectivity index (χ3n) is 6.89. The molecule has 0 radical (unpaired) electrons. The molecule has 0 spiro atoms. The monoisotopic (exact) mass is 636 g/mol. The van der Waals surface area contributed by atoms with Crippen molar-refractivity contribution in [3.8, 4) is 11.3 Å². The smallest absolute Gasteiger partial charge is 0.329 e. The SMILES string of the molecule is CSCC[C@H](NC(=O)c1ccc(COC(Cc2nccn2C)c2ccc(F)cc2)nc1-c1ccc(F)cc1)C(=O)OC(C)(C)C. The maximum absolute atomic E-state index is 13.8. The summed E-state index contributed by atoms with van der Waals surface area (Å²) >= 11 is 1.56. The molecule has 0 saturated heterocycles. The van der Waals surface area contributed by atoms with Crippen LogP contribution in [0.2, 0.25) is 0 Å². The highest BCUT2D eigenvalue weighted by Crippen LogP contribution is 2.27. The van der Waals surface area contributed by atoms with Gasteiger partial charge in [-0.2, -0.15) is 11.8 Å². The van der Waals surface area contributed by atoms with Crippen molar-refractivity contribution in [2.45, 2.75) is 58.0 Å². The van der Waals surface area contributed by atoms with Gasteiger partial charge in [-0.25, -0.2) is 23.5 Å². The molecule has 2 atom stereocenters. The van der Waals surface area contributed by atoms with Crippen LogP contribution in [0.3, 0.4) is 0 Å². The molecule has 11 heteroatoms. The molecule has 0 saturated carbocycles. The zero-order valence-electron chi connectivity index (χ0n) is 26.1. The van der Waals surface area contributed by atoms with Crippen molar-refractivity contribution in [1.82, 2.24) is 19.9 Å². The van der Waals surface area contributed by atoms with Crippen LogP contribution in [0, 0.1) is 11.6 Å². The number of pyridine rings is 1. The molecule has 0 aliphatic rings. The normalized spacial score (nSPS) is 12.9. The number of nitrogens with one attached hydrogen (secondary N) is 1. The van der Waals surface area contributed by atoms with Crippen LogP contribution in [0.5, 0.6) is 0 Å². The van der Waals surface area contributed by atoms with E-state index in [9.17, 15) is 18.4 Å². The number of hydrogen-bond acceptors (Lipinski definition) is 7. The maximum Gasteiger partial charge on any atom is 0.329 e. The van der Waals surface area contributed by atoms with E-state index in [1.807, 2.05) is 24.1 Å². The van der Waals surface area contributed by atoms with E-state index in [4.69, 9.17) is 14.5 Å². The number of aromatic nitrogens is 3. The molecule has 0 bridgehead atoms. The minimum absolute atomic E-state index is 0.0663. The summed E-state index contributed by atoms with van der Waals surface area (Å²) in [6, 6.07) is 14.2. The Morgan fingerprint density at radius 2 is 1.67 bits per heavy atom. The number of amides is 1. The minimum Gasteiger partial charge on any atom is -0.458 e. The first kappa shape index (κ1) is 33.8. The Bertz CT molecular complexity index is 1590. The van der Waals surface area contributed by atoms with Gasteiger partial charge in [0, 0.05) is 31.4 Å². The van der Waals surface area contributed by atoms with Gasteiger partial charge in [0.2, 0.25) is 0 Å². The molecule has 1 amide bonds. The maximum atomic E-state index is 13.8. The first-order chi connectivity index (χ1) is 21.4. The van der Waals surface area contributed by atoms with Gasteiger partial charge in [0.1, 0.15) is 29.1 Å². The summed E-state index contributed by atoms with van der Waals surface area (Å²) < 4.78 is 41.3. The van der Waals surface area contributed by atoms with Gasteiger partial charge in [-0.15, -0.1) is 0 Å². The Balaban J connectivity index is 1.62. The fourth-order valence-corrected chi connectivity index (χ4v) is 5.05. The quantitative estimate of drug-likeness (QED) is 0.169. The van der Waals surface area contributed by atoms with Crippen molar-refractivity contribution in [3.63, 3.8) is 0 Å². The molecule has 4 rings (SSSR count). The molecule has 2 heterocycles. The molecular formula is C34H38F2N4O4S.